The van der Waals surface area contributed by atoms with E-state index in [4.69, 9.17) is 12.6 Å². The molecule has 0 spiro atoms. The second-order valence-corrected chi connectivity index (χ2v) is 0. The van der Waals surface area contributed by atoms with Gasteiger partial charge in [-0.25, -0.2) is 0 Å². The molecule has 0 aliphatic rings. The first-order valence-corrected chi connectivity index (χ1v) is 1.86. The van der Waals surface area contributed by atoms with Gasteiger partial charge in [0, 0.05) is 0 Å². The summed E-state index contributed by atoms with van der Waals surface area (Å²) in [6.45, 7) is 0. The second kappa shape index (κ2) is 230. The van der Waals surface area contributed by atoms with E-state index in [0.29, 0.717) is 0 Å². The molecule has 0 saturated heterocycles. The Bertz CT molecular complexity index is 22.8. The zero-order chi connectivity index (χ0) is 6.00. The number of hydrogen-bond donors (Lipinski definition) is 2. The number of rotatable bonds is 0. The van der Waals surface area contributed by atoms with Crippen molar-refractivity contribution in [3.63, 3.8) is 0 Å². The fraction of sp³-hybridized carbons (Fsp3) is 0. The van der Waals surface area contributed by atoms with Crippen LogP contribution in [0.2, 0.25) is 0 Å². The Morgan fingerprint density at radius 1 is 0.818 bits per heavy atom. The molecule has 0 aromatic rings. The zero-order valence-electron chi connectivity index (χ0n) is 6.19. The van der Waals surface area contributed by atoms with Crippen molar-refractivity contribution in [1.82, 2.24) is 0 Å². The third kappa shape index (κ3) is 193. The third-order valence-corrected chi connectivity index (χ3v) is 0. The standard InChI is InChI=1S/2ClHO.4ClH.Li.O.Ti.H/c2*1-2;;;;;;;;/h2*2H;4*1H;;;;/q;;;;;;+1;;;-1. The summed E-state index contributed by atoms with van der Waals surface area (Å²) >= 11 is 8.03. The van der Waals surface area contributed by atoms with E-state index in [1.807, 2.05) is 0 Å². The van der Waals surface area contributed by atoms with Gasteiger partial charge in [-0.3, -0.25) is 9.32 Å². The topological polar surface area (TPSA) is 57.5 Å². The van der Waals surface area contributed by atoms with Crippen molar-refractivity contribution < 1.29 is 53.3 Å². The molecule has 0 fully saturated rings. The second-order valence-electron chi connectivity index (χ2n) is 0. The van der Waals surface area contributed by atoms with E-state index in [1.165, 1.54) is 0 Å². The maximum atomic E-state index is 8.25. The van der Waals surface area contributed by atoms with Gasteiger partial charge in [0.25, 0.3) is 0 Å². The van der Waals surface area contributed by atoms with Crippen LogP contribution in [0.25, 0.3) is 0 Å². The van der Waals surface area contributed by atoms with E-state index in [-0.39, 0.29) is 69.9 Å². The minimum absolute atomic E-state index is 0. The van der Waals surface area contributed by atoms with Gasteiger partial charge in [-0.1, -0.05) is 0 Å². The summed E-state index contributed by atoms with van der Waals surface area (Å²) in [7, 11) is 0. The Morgan fingerprint density at radius 3 is 0.818 bits per heavy atom. The number of halogens is 6. The predicted octanol–water partition coefficient (Wildman–Crippen LogP) is -1.05. The molecule has 11 heteroatoms. The number of hydrogen-bond acceptors (Lipinski definition) is 3. The quantitative estimate of drug-likeness (QED) is 0.560. The predicted molar refractivity (Wildman–Crippen MR) is 46.9 cm³/mol. The van der Waals surface area contributed by atoms with Crippen molar-refractivity contribution in [3.8, 4) is 0 Å². The maximum absolute atomic E-state index is 8.25. The summed E-state index contributed by atoms with van der Waals surface area (Å²) in [6, 6.07) is 0. The van der Waals surface area contributed by atoms with Crippen LogP contribution in [0.4, 0.5) is 0 Å². The van der Waals surface area contributed by atoms with Gasteiger partial charge in [0.15, 0.2) is 0 Å². The first-order chi connectivity index (χ1) is 3.00. The molecule has 0 radical (unpaired) electrons. The molecule has 0 rings (SSSR count). The first-order valence-electron chi connectivity index (χ1n) is 0.542. The molecule has 0 bridgehead atoms. The Hall–Kier alpha value is 2.77. The van der Waals surface area contributed by atoms with Gasteiger partial charge in [-0.2, -0.15) is 0 Å². The van der Waals surface area contributed by atoms with Crippen molar-refractivity contribution in [1.29, 1.82) is 0 Å². The molecule has 0 aromatic heterocycles. The van der Waals surface area contributed by atoms with E-state index in [9.17, 15) is 0 Å². The van der Waals surface area contributed by atoms with Gasteiger partial charge in [-0.05, 0) is 0 Å². The molecule has 0 heterocycles. The normalized spacial score (nSPS) is 1.36. The average Bonchev–Trinajstić information content (AvgIpc) is 1.81. The molecule has 0 atom stereocenters. The van der Waals surface area contributed by atoms with Gasteiger partial charge < -0.3 is 1.43 Å². The minimum atomic E-state index is 0. The van der Waals surface area contributed by atoms with Crippen LogP contribution in [0.5, 0.6) is 0 Å². The third-order valence-electron chi connectivity index (χ3n) is 0. The van der Waals surface area contributed by atoms with Crippen LogP contribution in [-0.4, -0.2) is 9.32 Å². The van der Waals surface area contributed by atoms with Crippen LogP contribution in [-0.2, 0) is 23.7 Å². The Labute approximate surface area is 125 Å². The van der Waals surface area contributed by atoms with Gasteiger partial charge in [0.05, 0.1) is 23.7 Å². The van der Waals surface area contributed by atoms with Crippen LogP contribution < -0.4 is 18.9 Å². The van der Waals surface area contributed by atoms with Crippen LogP contribution in [0, 0.1) is 0 Å². The van der Waals surface area contributed by atoms with Gasteiger partial charge in [0.1, 0.15) is 0 Å². The molecule has 0 aromatic carbocycles. The molecular weight excluding hydrogens is 316 g/mol. The summed E-state index contributed by atoms with van der Waals surface area (Å²) in [6.07, 6.45) is 0. The molecule has 72 valence electrons. The summed E-state index contributed by atoms with van der Waals surface area (Å²) < 4.78 is 21.2. The molecule has 0 aliphatic heterocycles. The van der Waals surface area contributed by atoms with Crippen molar-refractivity contribution >= 4 is 73.4 Å². The van der Waals surface area contributed by atoms with E-state index in [1.54, 1.807) is 0 Å². The first kappa shape index (κ1) is 67.4. The van der Waals surface area contributed by atoms with Crippen LogP contribution >= 0.6 is 73.4 Å². The molecule has 0 unspecified atom stereocenters. The molecule has 2 N–H and O–H groups in total. The van der Waals surface area contributed by atoms with Crippen molar-refractivity contribution in [2.45, 2.75) is 0 Å². The fourth-order valence-corrected chi connectivity index (χ4v) is 0. The molecule has 0 saturated carbocycles. The summed E-state index contributed by atoms with van der Waals surface area (Å²) in [4.78, 5) is 0. The van der Waals surface area contributed by atoms with Crippen LogP contribution in [0.3, 0.4) is 0 Å². The average molecular weight is 323 g/mol. The molecule has 0 amide bonds. The summed E-state index contributed by atoms with van der Waals surface area (Å²) in [5.74, 6) is 0. The van der Waals surface area contributed by atoms with Gasteiger partial charge >= 0.3 is 42.6 Å². The van der Waals surface area contributed by atoms with Gasteiger partial charge in [-0.15, -0.1) is 49.6 Å². The Kier molecular flexibility index (Phi) is 1410. The fourth-order valence-electron chi connectivity index (χ4n) is 0. The summed E-state index contributed by atoms with van der Waals surface area (Å²) in [5, 5.41) is 0. The van der Waals surface area contributed by atoms with Crippen LogP contribution in [0.15, 0.2) is 0 Å². The molecule has 3 nitrogen and oxygen atoms in total. The van der Waals surface area contributed by atoms with E-state index >= 15 is 0 Å². The van der Waals surface area contributed by atoms with Gasteiger partial charge in [0.2, 0.25) is 0 Å². The zero-order valence-corrected chi connectivity index (χ0v) is 11.5. The van der Waals surface area contributed by atoms with Crippen molar-refractivity contribution in [2.24, 2.45) is 0 Å². The SMILES string of the molecule is Cl.Cl.Cl.Cl.OCl.OCl.[H-].[Li+].[O]=[Ti]. The van der Waals surface area contributed by atoms with E-state index < -0.39 is 0 Å². The summed E-state index contributed by atoms with van der Waals surface area (Å²) in [5.41, 5.74) is 0. The Morgan fingerprint density at radius 2 is 0.818 bits per heavy atom. The van der Waals surface area contributed by atoms with Crippen LogP contribution in [0.1, 0.15) is 1.43 Å². The van der Waals surface area contributed by atoms with E-state index in [2.05, 4.69) is 23.7 Å². The molecule has 11 heavy (non-hydrogen) atoms. The Balaban J connectivity index is -0.00000000129. The van der Waals surface area contributed by atoms with Crippen molar-refractivity contribution in [2.75, 3.05) is 0 Å². The van der Waals surface area contributed by atoms with Crippen molar-refractivity contribution in [3.05, 3.63) is 0 Å². The molecule has 0 aliphatic carbocycles. The monoisotopic (exact) mass is 320 g/mol. The van der Waals surface area contributed by atoms with E-state index in [0.717, 1.165) is 20.4 Å². The molecular formula is H7Cl6LiO3Ti.